The van der Waals surface area contributed by atoms with Crippen molar-refractivity contribution in [3.05, 3.63) is 0 Å². The largest absolute Gasteiger partial charge is 0.356 e. The predicted octanol–water partition coefficient (Wildman–Crippen LogP) is 2.56. The highest BCUT2D eigenvalue weighted by Crippen LogP contribution is 2.36. The molecule has 3 fully saturated rings. The van der Waals surface area contributed by atoms with Crippen LogP contribution in [0.25, 0.3) is 0 Å². The Morgan fingerprint density at radius 3 is 2.55 bits per heavy atom. The van der Waals surface area contributed by atoms with Crippen molar-refractivity contribution in [3.63, 3.8) is 0 Å². The molecule has 1 saturated carbocycles. The van der Waals surface area contributed by atoms with Crippen LogP contribution in [0.5, 0.6) is 0 Å². The van der Waals surface area contributed by atoms with E-state index in [-0.39, 0.29) is 0 Å². The third kappa shape index (κ3) is 3.95. The van der Waals surface area contributed by atoms with Crippen LogP contribution in [0, 0.1) is 11.3 Å². The zero-order chi connectivity index (χ0) is 15.4. The molecule has 4 nitrogen and oxygen atoms in total. The highest BCUT2D eigenvalue weighted by atomic mass is 15.3. The molecule has 0 bridgehead atoms. The molecule has 0 amide bonds. The Kier molecular flexibility index (Phi) is 5.27. The minimum absolute atomic E-state index is 0.491. The van der Waals surface area contributed by atoms with Crippen molar-refractivity contribution in [1.29, 1.82) is 0 Å². The minimum atomic E-state index is 0.491. The summed E-state index contributed by atoms with van der Waals surface area (Å²) in [6.45, 7) is 9.82. The Morgan fingerprint density at radius 1 is 1.14 bits per heavy atom. The van der Waals surface area contributed by atoms with Crippen LogP contribution in [-0.4, -0.2) is 62.1 Å². The van der Waals surface area contributed by atoms with Gasteiger partial charge in [0.1, 0.15) is 0 Å². The van der Waals surface area contributed by atoms with Crippen LogP contribution in [0.2, 0.25) is 0 Å². The van der Waals surface area contributed by atoms with Gasteiger partial charge in [-0.25, -0.2) is 0 Å². The van der Waals surface area contributed by atoms with Gasteiger partial charge in [-0.15, -0.1) is 0 Å². The fourth-order valence-corrected chi connectivity index (χ4v) is 4.53. The van der Waals surface area contributed by atoms with Crippen molar-refractivity contribution in [2.75, 3.05) is 46.3 Å². The van der Waals surface area contributed by atoms with E-state index in [1.54, 1.807) is 0 Å². The third-order valence-electron chi connectivity index (χ3n) is 6.00. The van der Waals surface area contributed by atoms with E-state index in [0.29, 0.717) is 5.41 Å². The first-order chi connectivity index (χ1) is 10.7. The van der Waals surface area contributed by atoms with E-state index in [1.165, 1.54) is 77.7 Å². The lowest BCUT2D eigenvalue weighted by molar-refractivity contribution is 0.280. The van der Waals surface area contributed by atoms with Crippen molar-refractivity contribution < 1.29 is 0 Å². The molecule has 0 radical (unpaired) electrons. The molecule has 0 spiro atoms. The SMILES string of the molecule is CN=C(NCC1(C)CCCC1)N1CCC(CN2CCCC2)C1. The molecule has 3 aliphatic rings. The molecule has 3 rings (SSSR count). The van der Waals surface area contributed by atoms with Gasteiger partial charge in [0.25, 0.3) is 0 Å². The summed E-state index contributed by atoms with van der Waals surface area (Å²) in [5.74, 6) is 1.97. The van der Waals surface area contributed by atoms with Gasteiger partial charge < -0.3 is 15.1 Å². The maximum atomic E-state index is 4.55. The molecule has 0 aromatic heterocycles. The first-order valence-corrected chi connectivity index (χ1v) is 9.36. The minimum Gasteiger partial charge on any atom is -0.356 e. The highest BCUT2D eigenvalue weighted by molar-refractivity contribution is 5.80. The van der Waals surface area contributed by atoms with Gasteiger partial charge in [0.2, 0.25) is 0 Å². The second-order valence-electron chi connectivity index (χ2n) is 8.03. The summed E-state index contributed by atoms with van der Waals surface area (Å²) in [7, 11) is 1.94. The van der Waals surface area contributed by atoms with Crippen LogP contribution in [0.4, 0.5) is 0 Å². The van der Waals surface area contributed by atoms with Crippen molar-refractivity contribution in [2.24, 2.45) is 16.3 Å². The van der Waals surface area contributed by atoms with Crippen LogP contribution in [0.1, 0.15) is 51.9 Å². The van der Waals surface area contributed by atoms with Crippen molar-refractivity contribution in [2.45, 2.75) is 51.9 Å². The first kappa shape index (κ1) is 16.1. The Morgan fingerprint density at radius 2 is 1.86 bits per heavy atom. The molecule has 0 aromatic carbocycles. The molecular weight excluding hydrogens is 272 g/mol. The zero-order valence-corrected chi connectivity index (χ0v) is 14.6. The summed E-state index contributed by atoms with van der Waals surface area (Å²) >= 11 is 0. The zero-order valence-electron chi connectivity index (χ0n) is 14.6. The average Bonchev–Trinajstić information content (AvgIpc) is 3.24. The monoisotopic (exact) mass is 306 g/mol. The normalized spacial score (nSPS) is 29.5. The number of guanidine groups is 1. The molecule has 1 unspecified atom stereocenters. The molecule has 126 valence electrons. The van der Waals surface area contributed by atoms with E-state index in [2.05, 4.69) is 27.0 Å². The van der Waals surface area contributed by atoms with Gasteiger partial charge in [-0.05, 0) is 56.5 Å². The van der Waals surface area contributed by atoms with E-state index in [9.17, 15) is 0 Å². The highest BCUT2D eigenvalue weighted by Gasteiger charge is 2.31. The van der Waals surface area contributed by atoms with Gasteiger partial charge in [-0.1, -0.05) is 19.8 Å². The molecule has 2 heterocycles. The third-order valence-corrected chi connectivity index (χ3v) is 6.00. The number of aliphatic imine (C=N–C) groups is 1. The van der Waals surface area contributed by atoms with Crippen LogP contribution in [0.15, 0.2) is 4.99 Å². The number of likely N-dealkylation sites (tertiary alicyclic amines) is 2. The second kappa shape index (κ2) is 7.20. The summed E-state index contributed by atoms with van der Waals surface area (Å²) in [6.07, 6.45) is 9.67. The molecule has 1 N–H and O–H groups in total. The summed E-state index contributed by atoms with van der Waals surface area (Å²) in [5.41, 5.74) is 0.491. The second-order valence-corrected chi connectivity index (χ2v) is 8.03. The molecule has 4 heteroatoms. The molecule has 1 atom stereocenters. The number of nitrogens with zero attached hydrogens (tertiary/aromatic N) is 3. The number of rotatable bonds is 4. The maximum absolute atomic E-state index is 4.55. The molecule has 22 heavy (non-hydrogen) atoms. The Labute approximate surface area is 136 Å². The van der Waals surface area contributed by atoms with Gasteiger partial charge in [0.15, 0.2) is 5.96 Å². The average molecular weight is 306 g/mol. The summed E-state index contributed by atoms with van der Waals surface area (Å²) in [5, 5.41) is 3.67. The van der Waals surface area contributed by atoms with Crippen molar-refractivity contribution in [1.82, 2.24) is 15.1 Å². The lowest BCUT2D eigenvalue weighted by atomic mass is 9.89. The summed E-state index contributed by atoms with van der Waals surface area (Å²) < 4.78 is 0. The van der Waals surface area contributed by atoms with Gasteiger partial charge in [-0.2, -0.15) is 0 Å². The van der Waals surface area contributed by atoms with E-state index >= 15 is 0 Å². The van der Waals surface area contributed by atoms with Gasteiger partial charge in [0.05, 0.1) is 0 Å². The van der Waals surface area contributed by atoms with E-state index in [0.717, 1.165) is 18.4 Å². The number of hydrogen-bond acceptors (Lipinski definition) is 2. The molecule has 2 aliphatic heterocycles. The van der Waals surface area contributed by atoms with Crippen LogP contribution in [-0.2, 0) is 0 Å². The topological polar surface area (TPSA) is 30.9 Å². The molecule has 0 aromatic rings. The quantitative estimate of drug-likeness (QED) is 0.640. The smallest absolute Gasteiger partial charge is 0.193 e. The fraction of sp³-hybridized carbons (Fsp3) is 0.944. The summed E-state index contributed by atoms with van der Waals surface area (Å²) in [4.78, 5) is 9.69. The number of nitrogens with one attached hydrogen (secondary N) is 1. The molecule has 2 saturated heterocycles. The lowest BCUT2D eigenvalue weighted by Crippen LogP contribution is -2.44. The van der Waals surface area contributed by atoms with Crippen LogP contribution in [0.3, 0.4) is 0 Å². The van der Waals surface area contributed by atoms with Crippen molar-refractivity contribution >= 4 is 5.96 Å². The first-order valence-electron chi connectivity index (χ1n) is 9.36. The number of hydrogen-bond donors (Lipinski definition) is 1. The van der Waals surface area contributed by atoms with Crippen LogP contribution >= 0.6 is 0 Å². The Balaban J connectivity index is 1.45. The van der Waals surface area contributed by atoms with E-state index in [1.807, 2.05) is 7.05 Å². The summed E-state index contributed by atoms with van der Waals surface area (Å²) in [6, 6.07) is 0. The van der Waals surface area contributed by atoms with Gasteiger partial charge in [-0.3, -0.25) is 4.99 Å². The van der Waals surface area contributed by atoms with Crippen LogP contribution < -0.4 is 5.32 Å². The Hall–Kier alpha value is -0.770. The molecular formula is C18H34N4. The maximum Gasteiger partial charge on any atom is 0.193 e. The van der Waals surface area contributed by atoms with Gasteiger partial charge >= 0.3 is 0 Å². The Bertz CT molecular complexity index is 381. The predicted molar refractivity (Wildman–Crippen MR) is 93.3 cm³/mol. The van der Waals surface area contributed by atoms with Gasteiger partial charge in [0, 0.05) is 33.2 Å². The van der Waals surface area contributed by atoms with E-state index < -0.39 is 0 Å². The van der Waals surface area contributed by atoms with Crippen molar-refractivity contribution in [3.8, 4) is 0 Å². The lowest BCUT2D eigenvalue weighted by Gasteiger charge is -2.28. The molecule has 1 aliphatic carbocycles. The van der Waals surface area contributed by atoms with E-state index in [4.69, 9.17) is 0 Å². The standard InChI is InChI=1S/C18H34N4/c1-18(8-3-4-9-18)15-20-17(19-2)22-12-7-16(14-22)13-21-10-5-6-11-21/h16H,3-15H2,1-2H3,(H,19,20). The fourth-order valence-electron chi connectivity index (χ4n) is 4.53.